The summed E-state index contributed by atoms with van der Waals surface area (Å²) in [6, 6.07) is 9.09. The molecule has 0 atom stereocenters. The highest BCUT2D eigenvalue weighted by molar-refractivity contribution is 14.1. The fourth-order valence-electron chi connectivity index (χ4n) is 1.47. The number of rotatable bonds is 2. The van der Waals surface area contributed by atoms with Gasteiger partial charge in [-0.25, -0.2) is 4.98 Å². The van der Waals surface area contributed by atoms with Crippen LogP contribution in [0, 0.1) is 10.5 Å². The van der Waals surface area contributed by atoms with E-state index in [1.165, 1.54) is 6.20 Å². The van der Waals surface area contributed by atoms with E-state index < -0.39 is 0 Å². The molecule has 0 fully saturated rings. The van der Waals surface area contributed by atoms with Crippen molar-refractivity contribution in [2.45, 2.75) is 6.92 Å². The number of hydrogen-bond donors (Lipinski definition) is 1. The van der Waals surface area contributed by atoms with E-state index in [4.69, 9.17) is 11.6 Å². The molecule has 0 spiro atoms. The van der Waals surface area contributed by atoms with Crippen molar-refractivity contribution in [2.75, 3.05) is 5.32 Å². The molecule has 1 amide bonds. The van der Waals surface area contributed by atoms with Gasteiger partial charge in [0.1, 0.15) is 5.15 Å². The first-order valence-electron chi connectivity index (χ1n) is 5.25. The normalized spacial score (nSPS) is 10.2. The smallest absolute Gasteiger partial charge is 0.257 e. The molecule has 92 valence electrons. The fourth-order valence-corrected chi connectivity index (χ4v) is 2.23. The first-order chi connectivity index (χ1) is 8.56. The molecule has 0 saturated heterocycles. The summed E-state index contributed by atoms with van der Waals surface area (Å²) in [5.41, 5.74) is 2.31. The standard InChI is InChI=1S/C13H10ClIN2O/c1-8-6-10(15)3-4-11(8)17-13(18)9-2-5-12(14)16-7-9/h2-7H,1H3,(H,17,18). The molecule has 0 aliphatic heterocycles. The minimum atomic E-state index is -0.191. The molecule has 0 saturated carbocycles. The van der Waals surface area contributed by atoms with Crippen LogP contribution in [0.5, 0.6) is 0 Å². The Hall–Kier alpha value is -1.14. The average Bonchev–Trinajstić information content (AvgIpc) is 2.33. The van der Waals surface area contributed by atoms with Crippen LogP contribution >= 0.6 is 34.2 Å². The first kappa shape index (κ1) is 13.3. The Morgan fingerprint density at radius 3 is 2.72 bits per heavy atom. The van der Waals surface area contributed by atoms with Gasteiger partial charge in [-0.1, -0.05) is 11.6 Å². The van der Waals surface area contributed by atoms with Crippen molar-refractivity contribution >= 4 is 45.8 Å². The molecular weight excluding hydrogens is 363 g/mol. The summed E-state index contributed by atoms with van der Waals surface area (Å²) in [5.74, 6) is -0.191. The number of pyridine rings is 1. The van der Waals surface area contributed by atoms with E-state index in [1.54, 1.807) is 12.1 Å². The highest BCUT2D eigenvalue weighted by Gasteiger charge is 2.08. The van der Waals surface area contributed by atoms with Crippen molar-refractivity contribution in [1.29, 1.82) is 0 Å². The Morgan fingerprint density at radius 2 is 2.11 bits per heavy atom. The highest BCUT2D eigenvalue weighted by Crippen LogP contribution is 2.18. The number of nitrogens with one attached hydrogen (secondary N) is 1. The predicted octanol–water partition coefficient (Wildman–Crippen LogP) is 3.90. The predicted molar refractivity (Wildman–Crippen MR) is 81.1 cm³/mol. The van der Waals surface area contributed by atoms with Gasteiger partial charge in [0.05, 0.1) is 5.56 Å². The summed E-state index contributed by atoms with van der Waals surface area (Å²) >= 11 is 7.91. The Balaban J connectivity index is 2.18. The van der Waals surface area contributed by atoms with Gasteiger partial charge in [-0.2, -0.15) is 0 Å². The second-order valence-corrected chi connectivity index (χ2v) is 5.42. The van der Waals surface area contributed by atoms with Crippen molar-refractivity contribution in [3.05, 3.63) is 56.4 Å². The third kappa shape index (κ3) is 3.20. The second-order valence-electron chi connectivity index (χ2n) is 3.78. The lowest BCUT2D eigenvalue weighted by atomic mass is 10.2. The van der Waals surface area contributed by atoms with Crippen LogP contribution in [0.25, 0.3) is 0 Å². The van der Waals surface area contributed by atoms with Crippen LogP contribution in [-0.2, 0) is 0 Å². The van der Waals surface area contributed by atoms with E-state index in [0.717, 1.165) is 14.8 Å². The van der Waals surface area contributed by atoms with Gasteiger partial charge in [0.2, 0.25) is 0 Å². The van der Waals surface area contributed by atoms with E-state index in [2.05, 4.69) is 32.9 Å². The lowest BCUT2D eigenvalue weighted by Gasteiger charge is -2.08. The number of aryl methyl sites for hydroxylation is 1. The van der Waals surface area contributed by atoms with E-state index in [1.807, 2.05) is 25.1 Å². The van der Waals surface area contributed by atoms with Gasteiger partial charge in [-0.15, -0.1) is 0 Å². The van der Waals surface area contributed by atoms with E-state index >= 15 is 0 Å². The van der Waals surface area contributed by atoms with Crippen molar-refractivity contribution in [2.24, 2.45) is 0 Å². The molecule has 0 aliphatic rings. The number of carbonyl (C=O) groups excluding carboxylic acids is 1. The zero-order valence-corrected chi connectivity index (χ0v) is 12.5. The second kappa shape index (κ2) is 5.67. The van der Waals surface area contributed by atoms with Gasteiger partial charge in [0, 0.05) is 15.5 Å². The van der Waals surface area contributed by atoms with Crippen molar-refractivity contribution < 1.29 is 4.79 Å². The molecule has 1 heterocycles. The Morgan fingerprint density at radius 1 is 1.33 bits per heavy atom. The molecule has 0 aliphatic carbocycles. The molecule has 0 unspecified atom stereocenters. The number of amides is 1. The molecule has 1 aromatic carbocycles. The van der Waals surface area contributed by atoms with Crippen LogP contribution in [0.15, 0.2) is 36.5 Å². The van der Waals surface area contributed by atoms with Crippen LogP contribution in [0.3, 0.4) is 0 Å². The maximum Gasteiger partial charge on any atom is 0.257 e. The number of halogens is 2. The Labute approximate surface area is 124 Å². The summed E-state index contributed by atoms with van der Waals surface area (Å²) in [5, 5.41) is 3.22. The minimum absolute atomic E-state index is 0.191. The lowest BCUT2D eigenvalue weighted by Crippen LogP contribution is -2.13. The molecule has 1 aromatic heterocycles. The Bertz CT molecular complexity index is 584. The average molecular weight is 373 g/mol. The zero-order chi connectivity index (χ0) is 13.1. The topological polar surface area (TPSA) is 42.0 Å². The van der Waals surface area contributed by atoms with Gasteiger partial charge in [0.15, 0.2) is 0 Å². The molecule has 0 radical (unpaired) electrons. The van der Waals surface area contributed by atoms with E-state index in [-0.39, 0.29) is 5.91 Å². The van der Waals surface area contributed by atoms with Crippen molar-refractivity contribution in [1.82, 2.24) is 4.98 Å². The number of carbonyl (C=O) groups is 1. The molecule has 1 N–H and O–H groups in total. The number of benzene rings is 1. The van der Waals surface area contributed by atoms with Crippen molar-refractivity contribution in [3.8, 4) is 0 Å². The number of hydrogen-bond acceptors (Lipinski definition) is 2. The van der Waals surface area contributed by atoms with Gasteiger partial charge >= 0.3 is 0 Å². The van der Waals surface area contributed by atoms with Crippen LogP contribution < -0.4 is 5.32 Å². The first-order valence-corrected chi connectivity index (χ1v) is 6.71. The summed E-state index contributed by atoms with van der Waals surface area (Å²) in [6.07, 6.45) is 1.46. The molecule has 0 bridgehead atoms. The number of anilines is 1. The fraction of sp³-hybridized carbons (Fsp3) is 0.0769. The molecule has 18 heavy (non-hydrogen) atoms. The molecule has 2 rings (SSSR count). The monoisotopic (exact) mass is 372 g/mol. The molecular formula is C13H10ClIN2O. The summed E-state index contributed by atoms with van der Waals surface area (Å²) in [7, 11) is 0. The minimum Gasteiger partial charge on any atom is -0.322 e. The van der Waals surface area contributed by atoms with Gasteiger partial charge in [-0.05, 0) is 65.4 Å². The zero-order valence-electron chi connectivity index (χ0n) is 9.58. The maximum atomic E-state index is 12.0. The van der Waals surface area contributed by atoms with Gasteiger partial charge < -0.3 is 5.32 Å². The maximum absolute atomic E-state index is 12.0. The van der Waals surface area contributed by atoms with Crippen LogP contribution in [0.4, 0.5) is 5.69 Å². The lowest BCUT2D eigenvalue weighted by molar-refractivity contribution is 0.102. The summed E-state index contributed by atoms with van der Waals surface area (Å²) in [6.45, 7) is 1.96. The summed E-state index contributed by atoms with van der Waals surface area (Å²) in [4.78, 5) is 15.8. The quantitative estimate of drug-likeness (QED) is 0.642. The molecule has 3 nitrogen and oxygen atoms in total. The Kier molecular flexibility index (Phi) is 4.19. The van der Waals surface area contributed by atoms with Crippen molar-refractivity contribution in [3.63, 3.8) is 0 Å². The number of aromatic nitrogens is 1. The molecule has 5 heteroatoms. The van der Waals surface area contributed by atoms with Crippen LogP contribution in [0.2, 0.25) is 5.15 Å². The SMILES string of the molecule is Cc1cc(I)ccc1NC(=O)c1ccc(Cl)nc1. The third-order valence-electron chi connectivity index (χ3n) is 2.43. The van der Waals surface area contributed by atoms with Crippen LogP contribution in [-0.4, -0.2) is 10.9 Å². The largest absolute Gasteiger partial charge is 0.322 e. The van der Waals surface area contributed by atoms with Gasteiger partial charge in [0.25, 0.3) is 5.91 Å². The van der Waals surface area contributed by atoms with Crippen LogP contribution in [0.1, 0.15) is 15.9 Å². The van der Waals surface area contributed by atoms with E-state index in [9.17, 15) is 4.79 Å². The summed E-state index contributed by atoms with van der Waals surface area (Å²) < 4.78 is 1.14. The highest BCUT2D eigenvalue weighted by atomic mass is 127. The molecule has 2 aromatic rings. The number of nitrogens with zero attached hydrogens (tertiary/aromatic N) is 1. The third-order valence-corrected chi connectivity index (χ3v) is 3.32. The van der Waals surface area contributed by atoms with E-state index in [0.29, 0.717) is 10.7 Å². The van der Waals surface area contributed by atoms with Gasteiger partial charge in [-0.3, -0.25) is 4.79 Å².